The molecule has 1 aromatic heterocycles. The van der Waals surface area contributed by atoms with Crippen LogP contribution in [0.1, 0.15) is 32.1 Å². The Morgan fingerprint density at radius 3 is 2.67 bits per heavy atom. The molecule has 98 valence electrons. The summed E-state index contributed by atoms with van der Waals surface area (Å²) in [6.07, 6.45) is 1.08. The molecule has 0 aliphatic heterocycles. The highest BCUT2D eigenvalue weighted by Crippen LogP contribution is 2.27. The Bertz CT molecular complexity index is 455. The highest BCUT2D eigenvalue weighted by molar-refractivity contribution is 5.77. The number of nitrogens with one attached hydrogen (secondary N) is 1. The van der Waals surface area contributed by atoms with Crippen molar-refractivity contribution in [3.8, 4) is 0 Å². The number of ether oxygens (including phenoxy) is 1. The predicted octanol–water partition coefficient (Wildman–Crippen LogP) is 3.51. The lowest BCUT2D eigenvalue weighted by Crippen LogP contribution is -2.32. The number of para-hydroxylation sites is 1. The Balaban J connectivity index is 2.34. The minimum Gasteiger partial charge on any atom is -0.459 e. The van der Waals surface area contributed by atoms with E-state index in [1.807, 2.05) is 18.2 Å². The van der Waals surface area contributed by atoms with Crippen molar-refractivity contribution in [2.75, 3.05) is 13.7 Å². The third kappa shape index (κ3) is 2.57. The molecule has 0 bridgehead atoms. The highest BCUT2D eigenvalue weighted by Gasteiger charge is 2.24. The van der Waals surface area contributed by atoms with Gasteiger partial charge in [0.05, 0.1) is 12.1 Å². The number of fused-ring (bicyclic) bond motifs is 1. The van der Waals surface area contributed by atoms with Gasteiger partial charge < -0.3 is 14.5 Å². The topological polar surface area (TPSA) is 34.4 Å². The lowest BCUT2D eigenvalue weighted by atomic mass is 10.1. The highest BCUT2D eigenvalue weighted by atomic mass is 16.5. The molecule has 18 heavy (non-hydrogen) atoms. The summed E-state index contributed by atoms with van der Waals surface area (Å²) in [5, 5.41) is 4.58. The van der Waals surface area contributed by atoms with Crippen molar-refractivity contribution in [1.29, 1.82) is 0 Å². The Morgan fingerprint density at radius 2 is 2.06 bits per heavy atom. The van der Waals surface area contributed by atoms with Crippen molar-refractivity contribution in [3.05, 3.63) is 36.1 Å². The summed E-state index contributed by atoms with van der Waals surface area (Å²) in [5.41, 5.74) is 0.932. The van der Waals surface area contributed by atoms with Crippen molar-refractivity contribution < 1.29 is 9.15 Å². The van der Waals surface area contributed by atoms with Gasteiger partial charge in [0.25, 0.3) is 0 Å². The minimum atomic E-state index is 0.109. The van der Waals surface area contributed by atoms with Crippen LogP contribution in [0.2, 0.25) is 0 Å². The van der Waals surface area contributed by atoms with E-state index in [4.69, 9.17) is 9.15 Å². The van der Waals surface area contributed by atoms with Crippen LogP contribution in [0.3, 0.4) is 0 Å². The number of methoxy groups -OCH3 is 1. The van der Waals surface area contributed by atoms with Gasteiger partial charge in [-0.1, -0.05) is 32.0 Å². The molecule has 1 aromatic carbocycles. The van der Waals surface area contributed by atoms with Crippen LogP contribution >= 0.6 is 0 Å². The Morgan fingerprint density at radius 1 is 1.28 bits per heavy atom. The summed E-state index contributed by atoms with van der Waals surface area (Å²) in [5.74, 6) is 0.951. The molecule has 2 atom stereocenters. The molecule has 0 saturated carbocycles. The molecule has 2 unspecified atom stereocenters. The van der Waals surface area contributed by atoms with E-state index in [9.17, 15) is 0 Å². The Kier molecular flexibility index (Phi) is 4.39. The first-order valence-electron chi connectivity index (χ1n) is 6.54. The summed E-state index contributed by atoms with van der Waals surface area (Å²) < 4.78 is 11.5. The molecule has 0 saturated heterocycles. The minimum absolute atomic E-state index is 0.109. The van der Waals surface area contributed by atoms with Crippen LogP contribution in [0, 0.1) is 0 Å². The van der Waals surface area contributed by atoms with Crippen LogP contribution in [-0.2, 0) is 4.74 Å². The van der Waals surface area contributed by atoms with Crippen molar-refractivity contribution >= 4 is 11.0 Å². The zero-order chi connectivity index (χ0) is 13.0. The molecule has 0 amide bonds. The third-order valence-electron chi connectivity index (χ3n) is 3.25. The average molecular weight is 247 g/mol. The van der Waals surface area contributed by atoms with Crippen molar-refractivity contribution in [2.45, 2.75) is 32.4 Å². The molecule has 3 heteroatoms. The quantitative estimate of drug-likeness (QED) is 0.848. The number of furan rings is 1. The zero-order valence-electron chi connectivity index (χ0n) is 11.3. The smallest absolute Gasteiger partial charge is 0.134 e. The molecule has 0 spiro atoms. The molecule has 2 aromatic rings. The van der Waals surface area contributed by atoms with E-state index in [1.165, 1.54) is 0 Å². The van der Waals surface area contributed by atoms with Crippen LogP contribution in [-0.4, -0.2) is 19.8 Å². The fraction of sp³-hybridized carbons (Fsp3) is 0.467. The molecule has 0 fully saturated rings. The van der Waals surface area contributed by atoms with Crippen LogP contribution in [0.25, 0.3) is 11.0 Å². The lowest BCUT2D eigenvalue weighted by Gasteiger charge is -2.23. The first-order chi connectivity index (χ1) is 8.80. The second-order valence-electron chi connectivity index (χ2n) is 4.40. The molecule has 2 rings (SSSR count). The summed E-state index contributed by atoms with van der Waals surface area (Å²) in [6.45, 7) is 5.11. The number of hydrogen-bond acceptors (Lipinski definition) is 3. The van der Waals surface area contributed by atoms with Crippen LogP contribution in [0.5, 0.6) is 0 Å². The molecule has 0 aliphatic carbocycles. The number of benzene rings is 1. The maximum Gasteiger partial charge on any atom is 0.134 e. The summed E-state index contributed by atoms with van der Waals surface area (Å²) >= 11 is 0. The standard InChI is InChI=1S/C15H21NO2/c1-4-12(17-3)15(16-5-2)14-10-11-8-6-7-9-13(11)18-14/h6-10,12,15-16H,4-5H2,1-3H3. The maximum atomic E-state index is 5.92. The zero-order valence-corrected chi connectivity index (χ0v) is 11.3. The lowest BCUT2D eigenvalue weighted by molar-refractivity contribution is 0.0591. The van der Waals surface area contributed by atoms with Crippen LogP contribution in [0.4, 0.5) is 0 Å². The number of hydrogen-bond donors (Lipinski definition) is 1. The van der Waals surface area contributed by atoms with Gasteiger partial charge in [-0.3, -0.25) is 0 Å². The van der Waals surface area contributed by atoms with E-state index in [1.54, 1.807) is 7.11 Å². The van der Waals surface area contributed by atoms with E-state index in [0.29, 0.717) is 0 Å². The van der Waals surface area contributed by atoms with Gasteiger partial charge in [0, 0.05) is 12.5 Å². The fourth-order valence-corrected chi connectivity index (χ4v) is 2.33. The van der Waals surface area contributed by atoms with E-state index < -0.39 is 0 Å². The van der Waals surface area contributed by atoms with Crippen molar-refractivity contribution in [1.82, 2.24) is 5.32 Å². The largest absolute Gasteiger partial charge is 0.459 e. The van der Waals surface area contributed by atoms with Gasteiger partial charge in [-0.25, -0.2) is 0 Å². The number of likely N-dealkylation sites (N-methyl/N-ethyl adjacent to an activating group) is 1. The third-order valence-corrected chi connectivity index (χ3v) is 3.25. The molecule has 3 nitrogen and oxygen atoms in total. The van der Waals surface area contributed by atoms with Gasteiger partial charge >= 0.3 is 0 Å². The SMILES string of the molecule is CCNC(c1cc2ccccc2o1)C(CC)OC. The summed E-state index contributed by atoms with van der Waals surface area (Å²) in [7, 11) is 1.75. The molecular formula is C15H21NO2. The van der Waals surface area contributed by atoms with Gasteiger partial charge in [0.15, 0.2) is 0 Å². The molecular weight excluding hydrogens is 226 g/mol. The van der Waals surface area contributed by atoms with Gasteiger partial charge in [-0.2, -0.15) is 0 Å². The van der Waals surface area contributed by atoms with Crippen molar-refractivity contribution in [2.24, 2.45) is 0 Å². The average Bonchev–Trinajstić information content (AvgIpc) is 2.82. The first kappa shape index (κ1) is 13.1. The second-order valence-corrected chi connectivity index (χ2v) is 4.40. The van der Waals surface area contributed by atoms with Gasteiger partial charge in [0.2, 0.25) is 0 Å². The monoisotopic (exact) mass is 247 g/mol. The molecule has 0 radical (unpaired) electrons. The van der Waals surface area contributed by atoms with Gasteiger partial charge in [-0.15, -0.1) is 0 Å². The summed E-state index contributed by atoms with van der Waals surface area (Å²) in [4.78, 5) is 0. The van der Waals surface area contributed by atoms with E-state index in [2.05, 4.69) is 31.3 Å². The number of rotatable bonds is 6. The first-order valence-corrected chi connectivity index (χ1v) is 6.54. The van der Waals surface area contributed by atoms with Crippen LogP contribution < -0.4 is 5.32 Å². The van der Waals surface area contributed by atoms with Crippen molar-refractivity contribution in [3.63, 3.8) is 0 Å². The molecule has 1 heterocycles. The predicted molar refractivity (Wildman–Crippen MR) is 73.7 cm³/mol. The fourth-order valence-electron chi connectivity index (χ4n) is 2.33. The molecule has 0 aliphatic rings. The van der Waals surface area contributed by atoms with Gasteiger partial charge in [0.1, 0.15) is 11.3 Å². The van der Waals surface area contributed by atoms with Gasteiger partial charge in [-0.05, 0) is 25.1 Å². The normalized spacial score (nSPS) is 14.8. The Hall–Kier alpha value is -1.32. The van der Waals surface area contributed by atoms with E-state index in [0.717, 1.165) is 29.7 Å². The second kappa shape index (κ2) is 6.03. The maximum absolute atomic E-state index is 5.92. The molecule has 1 N–H and O–H groups in total. The van der Waals surface area contributed by atoms with E-state index in [-0.39, 0.29) is 12.1 Å². The van der Waals surface area contributed by atoms with E-state index >= 15 is 0 Å². The van der Waals surface area contributed by atoms with Crippen LogP contribution in [0.15, 0.2) is 34.7 Å². The Labute approximate surface area is 108 Å². The summed E-state index contributed by atoms with van der Waals surface area (Å²) in [6, 6.07) is 10.3.